The van der Waals surface area contributed by atoms with Crippen molar-refractivity contribution in [2.75, 3.05) is 54.4 Å². The maximum absolute atomic E-state index is 12.8. The highest BCUT2D eigenvalue weighted by Crippen LogP contribution is 2.26. The van der Waals surface area contributed by atoms with E-state index in [-0.39, 0.29) is 5.91 Å². The van der Waals surface area contributed by atoms with Gasteiger partial charge in [-0.3, -0.25) is 4.79 Å². The van der Waals surface area contributed by atoms with Crippen LogP contribution >= 0.6 is 23.2 Å². The summed E-state index contributed by atoms with van der Waals surface area (Å²) < 4.78 is 0. The molecule has 0 saturated heterocycles. The van der Waals surface area contributed by atoms with Crippen molar-refractivity contribution < 1.29 is 4.79 Å². The van der Waals surface area contributed by atoms with Gasteiger partial charge in [0.15, 0.2) is 0 Å². The Morgan fingerprint density at radius 3 is 1.91 bits per heavy atom. The minimum atomic E-state index is -0.0463. The van der Waals surface area contributed by atoms with Gasteiger partial charge in [-0.1, -0.05) is 29.3 Å². The Morgan fingerprint density at radius 2 is 1.43 bits per heavy atom. The van der Waals surface area contributed by atoms with Gasteiger partial charge in [0.25, 0.3) is 5.91 Å². The summed E-state index contributed by atoms with van der Waals surface area (Å²) in [5.74, 6) is -0.0463. The minimum Gasteiger partial charge on any atom is -0.339 e. The second-order valence-corrected chi connectivity index (χ2v) is 6.99. The molecule has 4 nitrogen and oxygen atoms in total. The predicted molar refractivity (Wildman–Crippen MR) is 98.7 cm³/mol. The molecule has 0 aliphatic rings. The van der Waals surface area contributed by atoms with Crippen LogP contribution in [0.5, 0.6) is 0 Å². The van der Waals surface area contributed by atoms with Crippen molar-refractivity contribution in [1.29, 1.82) is 0 Å². The topological polar surface area (TPSA) is 26.8 Å². The highest BCUT2D eigenvalue weighted by atomic mass is 35.5. The van der Waals surface area contributed by atoms with E-state index in [2.05, 4.69) is 9.80 Å². The van der Waals surface area contributed by atoms with Crippen LogP contribution in [0.15, 0.2) is 18.2 Å². The molecule has 6 heteroatoms. The van der Waals surface area contributed by atoms with Gasteiger partial charge in [-0.2, -0.15) is 0 Å². The molecule has 0 aliphatic heterocycles. The summed E-state index contributed by atoms with van der Waals surface area (Å²) in [6.45, 7) is 3.32. The Hall–Kier alpha value is -0.810. The second-order valence-electron chi connectivity index (χ2n) is 6.21. The van der Waals surface area contributed by atoms with Crippen LogP contribution in [0, 0.1) is 0 Å². The molecule has 23 heavy (non-hydrogen) atoms. The Bertz CT molecular complexity index is 493. The number of hydrogen-bond acceptors (Lipinski definition) is 3. The van der Waals surface area contributed by atoms with E-state index in [9.17, 15) is 4.79 Å². The van der Waals surface area contributed by atoms with Crippen LogP contribution in [0.4, 0.5) is 0 Å². The molecule has 1 rings (SSSR count). The van der Waals surface area contributed by atoms with Gasteiger partial charge in [-0.15, -0.1) is 0 Å². The number of rotatable bonds is 9. The van der Waals surface area contributed by atoms with Gasteiger partial charge < -0.3 is 14.7 Å². The van der Waals surface area contributed by atoms with E-state index in [0.717, 1.165) is 25.9 Å². The Morgan fingerprint density at radius 1 is 0.913 bits per heavy atom. The molecule has 0 radical (unpaired) electrons. The van der Waals surface area contributed by atoms with E-state index >= 15 is 0 Å². The lowest BCUT2D eigenvalue weighted by Crippen LogP contribution is -2.35. The van der Waals surface area contributed by atoms with Gasteiger partial charge in [-0.25, -0.2) is 0 Å². The van der Waals surface area contributed by atoms with E-state index in [0.29, 0.717) is 28.7 Å². The summed E-state index contributed by atoms with van der Waals surface area (Å²) in [6, 6.07) is 5.20. The monoisotopic (exact) mass is 359 g/mol. The van der Waals surface area contributed by atoms with Gasteiger partial charge in [0.05, 0.1) is 15.6 Å². The smallest absolute Gasteiger partial charge is 0.255 e. The fraction of sp³-hybridized carbons (Fsp3) is 0.588. The van der Waals surface area contributed by atoms with Crippen LogP contribution in [-0.4, -0.2) is 75.0 Å². The zero-order chi connectivity index (χ0) is 17.4. The van der Waals surface area contributed by atoms with Crippen LogP contribution < -0.4 is 0 Å². The van der Waals surface area contributed by atoms with Crippen LogP contribution in [0.25, 0.3) is 0 Å². The molecule has 0 bridgehead atoms. The van der Waals surface area contributed by atoms with Crippen molar-refractivity contribution in [2.24, 2.45) is 0 Å². The molecule has 0 unspecified atom stereocenters. The van der Waals surface area contributed by atoms with Gasteiger partial charge in [0.2, 0.25) is 0 Å². The molecule has 0 heterocycles. The van der Waals surface area contributed by atoms with E-state index in [4.69, 9.17) is 23.2 Å². The SMILES string of the molecule is CN(C)CCCN(CCCN(C)C)C(=O)c1cccc(Cl)c1Cl. The van der Waals surface area contributed by atoms with E-state index in [1.165, 1.54) is 0 Å². The largest absolute Gasteiger partial charge is 0.339 e. The highest BCUT2D eigenvalue weighted by molar-refractivity contribution is 6.43. The van der Waals surface area contributed by atoms with Crippen LogP contribution in [0.3, 0.4) is 0 Å². The number of halogens is 2. The van der Waals surface area contributed by atoms with Crippen molar-refractivity contribution in [3.63, 3.8) is 0 Å². The molecular weight excluding hydrogens is 333 g/mol. The van der Waals surface area contributed by atoms with E-state index in [1.807, 2.05) is 33.1 Å². The molecule has 0 aliphatic carbocycles. The average molecular weight is 360 g/mol. The molecule has 0 atom stereocenters. The number of carbonyl (C=O) groups excluding carboxylic acids is 1. The van der Waals surface area contributed by atoms with Crippen molar-refractivity contribution in [3.8, 4) is 0 Å². The van der Waals surface area contributed by atoms with Crippen LogP contribution in [0.1, 0.15) is 23.2 Å². The van der Waals surface area contributed by atoms with Gasteiger partial charge in [0, 0.05) is 13.1 Å². The fourth-order valence-corrected chi connectivity index (χ4v) is 2.69. The summed E-state index contributed by atoms with van der Waals surface area (Å²) >= 11 is 12.2. The lowest BCUT2D eigenvalue weighted by molar-refractivity contribution is 0.0745. The molecule has 0 saturated carbocycles. The number of amides is 1. The molecule has 0 N–H and O–H groups in total. The standard InChI is InChI=1S/C17H27Cl2N3O/c1-20(2)10-6-12-22(13-7-11-21(3)4)17(23)14-8-5-9-15(18)16(14)19/h5,8-9H,6-7,10-13H2,1-4H3. The van der Waals surface area contributed by atoms with E-state index < -0.39 is 0 Å². The first kappa shape index (κ1) is 20.2. The lowest BCUT2D eigenvalue weighted by Gasteiger charge is -2.25. The average Bonchev–Trinajstić information content (AvgIpc) is 2.47. The summed E-state index contributed by atoms with van der Waals surface area (Å²) in [6.07, 6.45) is 1.86. The zero-order valence-electron chi connectivity index (χ0n) is 14.5. The minimum absolute atomic E-state index is 0.0463. The first-order chi connectivity index (χ1) is 10.8. The number of carbonyl (C=O) groups is 1. The summed E-state index contributed by atoms with van der Waals surface area (Å²) in [5, 5.41) is 0.753. The van der Waals surface area contributed by atoms with Crippen molar-refractivity contribution >= 4 is 29.1 Å². The quantitative estimate of drug-likeness (QED) is 0.676. The Kier molecular flexibility index (Phi) is 8.92. The van der Waals surface area contributed by atoms with Gasteiger partial charge in [-0.05, 0) is 66.3 Å². The Balaban J connectivity index is 2.79. The highest BCUT2D eigenvalue weighted by Gasteiger charge is 2.19. The van der Waals surface area contributed by atoms with Gasteiger partial charge in [0.1, 0.15) is 0 Å². The number of hydrogen-bond donors (Lipinski definition) is 0. The van der Waals surface area contributed by atoms with Crippen molar-refractivity contribution in [3.05, 3.63) is 33.8 Å². The molecule has 130 valence electrons. The fourth-order valence-electron chi connectivity index (χ4n) is 2.31. The third-order valence-corrected chi connectivity index (χ3v) is 4.35. The molecule has 1 aromatic rings. The summed E-state index contributed by atoms with van der Waals surface area (Å²) in [4.78, 5) is 18.9. The zero-order valence-corrected chi connectivity index (χ0v) is 16.0. The molecular formula is C17H27Cl2N3O. The van der Waals surface area contributed by atoms with Crippen LogP contribution in [0.2, 0.25) is 10.0 Å². The summed E-state index contributed by atoms with van der Waals surface area (Å²) in [5.41, 5.74) is 0.480. The molecule has 1 amide bonds. The molecule has 1 aromatic carbocycles. The van der Waals surface area contributed by atoms with E-state index in [1.54, 1.807) is 18.2 Å². The lowest BCUT2D eigenvalue weighted by atomic mass is 10.1. The third-order valence-electron chi connectivity index (χ3n) is 3.54. The van der Waals surface area contributed by atoms with Crippen LogP contribution in [-0.2, 0) is 0 Å². The molecule has 0 fully saturated rings. The predicted octanol–water partition coefficient (Wildman–Crippen LogP) is 3.34. The number of nitrogens with zero attached hydrogens (tertiary/aromatic N) is 3. The maximum atomic E-state index is 12.8. The normalized spacial score (nSPS) is 11.3. The third kappa shape index (κ3) is 7.08. The molecule has 0 spiro atoms. The van der Waals surface area contributed by atoms with Gasteiger partial charge >= 0.3 is 0 Å². The maximum Gasteiger partial charge on any atom is 0.255 e. The Labute approximate surface area is 149 Å². The second kappa shape index (κ2) is 10.1. The molecule has 0 aromatic heterocycles. The first-order valence-electron chi connectivity index (χ1n) is 7.85. The number of benzene rings is 1. The first-order valence-corrected chi connectivity index (χ1v) is 8.61. The summed E-state index contributed by atoms with van der Waals surface area (Å²) in [7, 11) is 8.14. The van der Waals surface area contributed by atoms with Crippen molar-refractivity contribution in [2.45, 2.75) is 12.8 Å². The van der Waals surface area contributed by atoms with Crippen molar-refractivity contribution in [1.82, 2.24) is 14.7 Å².